The van der Waals surface area contributed by atoms with Crippen LogP contribution in [0.25, 0.3) is 11.1 Å². The molecule has 0 radical (unpaired) electrons. The number of halogens is 3. The SMILES string of the molecule is Cn1c(=O)oc2ccc(C(CC3CC3)C3(C(=O)NCc4cc(C#N)cc(C(F)(F)F)c4)CCNC3)cc21. The summed E-state index contributed by atoms with van der Waals surface area (Å²) in [4.78, 5) is 25.8. The maximum Gasteiger partial charge on any atom is 0.419 e. The first-order chi connectivity index (χ1) is 17.6. The lowest BCUT2D eigenvalue weighted by molar-refractivity contribution is -0.137. The summed E-state index contributed by atoms with van der Waals surface area (Å²) in [5.41, 5.74) is 0.439. The summed E-state index contributed by atoms with van der Waals surface area (Å²) in [6, 6.07) is 10.5. The molecular weight excluding hydrogens is 485 g/mol. The van der Waals surface area contributed by atoms with Gasteiger partial charge in [0, 0.05) is 20.1 Å². The van der Waals surface area contributed by atoms with Crippen molar-refractivity contribution in [2.75, 3.05) is 13.1 Å². The fourth-order valence-electron chi connectivity index (χ4n) is 5.47. The number of amides is 1. The normalized spacial score (nSPS) is 20.6. The number of nitriles is 1. The quantitative estimate of drug-likeness (QED) is 0.494. The molecule has 2 atom stereocenters. The van der Waals surface area contributed by atoms with Gasteiger partial charge in [-0.25, -0.2) is 4.79 Å². The van der Waals surface area contributed by atoms with E-state index in [1.807, 2.05) is 12.1 Å². The van der Waals surface area contributed by atoms with Gasteiger partial charge in [0.25, 0.3) is 0 Å². The fraction of sp³-hybridized carbons (Fsp3) is 0.444. The van der Waals surface area contributed by atoms with Crippen LogP contribution in [0.2, 0.25) is 0 Å². The lowest BCUT2D eigenvalue weighted by atomic mass is 9.68. The molecule has 3 aromatic rings. The van der Waals surface area contributed by atoms with Gasteiger partial charge < -0.3 is 15.1 Å². The maximum absolute atomic E-state index is 13.8. The van der Waals surface area contributed by atoms with Crippen molar-refractivity contribution in [3.63, 3.8) is 0 Å². The molecule has 10 heteroatoms. The van der Waals surface area contributed by atoms with Crippen molar-refractivity contribution in [2.24, 2.45) is 18.4 Å². The second kappa shape index (κ2) is 9.38. The van der Waals surface area contributed by atoms with Crippen LogP contribution in [0.5, 0.6) is 0 Å². The van der Waals surface area contributed by atoms with Gasteiger partial charge in [0.1, 0.15) is 0 Å². The molecule has 2 heterocycles. The lowest BCUT2D eigenvalue weighted by Crippen LogP contribution is -2.46. The summed E-state index contributed by atoms with van der Waals surface area (Å²) in [6.07, 6.45) is -1.03. The first-order valence-electron chi connectivity index (χ1n) is 12.3. The maximum atomic E-state index is 13.8. The van der Waals surface area contributed by atoms with Crippen molar-refractivity contribution in [1.29, 1.82) is 5.26 Å². The minimum absolute atomic E-state index is 0.109. The molecule has 2 unspecified atom stereocenters. The molecule has 1 amide bonds. The number of alkyl halides is 3. The van der Waals surface area contributed by atoms with E-state index in [-0.39, 0.29) is 29.5 Å². The number of oxazole rings is 1. The van der Waals surface area contributed by atoms with E-state index in [9.17, 15) is 28.0 Å². The summed E-state index contributed by atoms with van der Waals surface area (Å²) in [5, 5.41) is 15.4. The van der Waals surface area contributed by atoms with Crippen LogP contribution in [-0.2, 0) is 24.6 Å². The largest absolute Gasteiger partial charge is 0.419 e. The van der Waals surface area contributed by atoms with E-state index in [4.69, 9.17) is 4.42 Å². The highest BCUT2D eigenvalue weighted by Crippen LogP contribution is 2.50. The summed E-state index contributed by atoms with van der Waals surface area (Å²) >= 11 is 0. The summed E-state index contributed by atoms with van der Waals surface area (Å²) in [6.45, 7) is 0.957. The molecule has 0 bridgehead atoms. The number of benzene rings is 2. The standard InChI is InChI=1S/C27H27F3N4O3/c1-34-22-12-19(4-5-23(22)37-25(34)36)21(11-16-2-3-16)26(6-7-32-15-26)24(35)33-14-18-8-17(13-31)9-20(10-18)27(28,29)30/h4-5,8-10,12,16,21,32H,2-3,6-7,11,14-15H2,1H3,(H,33,35). The Kier molecular flexibility index (Phi) is 6.36. The molecule has 1 aromatic heterocycles. The summed E-state index contributed by atoms with van der Waals surface area (Å²) < 4.78 is 46.7. The summed E-state index contributed by atoms with van der Waals surface area (Å²) in [7, 11) is 1.64. The van der Waals surface area contributed by atoms with E-state index in [1.54, 1.807) is 19.2 Å². The van der Waals surface area contributed by atoms with Crippen molar-refractivity contribution in [1.82, 2.24) is 15.2 Å². The third-order valence-electron chi connectivity index (χ3n) is 7.69. The van der Waals surface area contributed by atoms with Gasteiger partial charge in [-0.1, -0.05) is 18.9 Å². The van der Waals surface area contributed by atoms with E-state index >= 15 is 0 Å². The molecule has 2 N–H and O–H groups in total. The average molecular weight is 513 g/mol. The minimum atomic E-state index is -4.59. The van der Waals surface area contributed by atoms with Crippen LogP contribution in [0.3, 0.4) is 0 Å². The van der Waals surface area contributed by atoms with Crippen LogP contribution >= 0.6 is 0 Å². The number of aryl methyl sites for hydroxylation is 1. The van der Waals surface area contributed by atoms with Gasteiger partial charge in [-0.05, 0) is 72.7 Å². The highest BCUT2D eigenvalue weighted by Gasteiger charge is 2.49. The van der Waals surface area contributed by atoms with Gasteiger partial charge in [-0.15, -0.1) is 0 Å². The number of nitrogens with one attached hydrogen (secondary N) is 2. The third-order valence-corrected chi connectivity index (χ3v) is 7.69. The zero-order valence-corrected chi connectivity index (χ0v) is 20.3. The molecule has 194 valence electrons. The van der Waals surface area contributed by atoms with Gasteiger partial charge in [0.05, 0.1) is 28.1 Å². The molecule has 7 nitrogen and oxygen atoms in total. The number of carbonyl (C=O) groups is 1. The van der Waals surface area contributed by atoms with Crippen molar-refractivity contribution < 1.29 is 22.4 Å². The highest BCUT2D eigenvalue weighted by atomic mass is 19.4. The smallest absolute Gasteiger partial charge is 0.408 e. The Labute approximate surface area is 211 Å². The van der Waals surface area contributed by atoms with Gasteiger partial charge in [-0.3, -0.25) is 9.36 Å². The molecule has 1 aliphatic heterocycles. The van der Waals surface area contributed by atoms with Gasteiger partial charge >= 0.3 is 11.9 Å². The minimum Gasteiger partial charge on any atom is -0.408 e. The number of hydrogen-bond donors (Lipinski definition) is 2. The van der Waals surface area contributed by atoms with Crippen LogP contribution in [-0.4, -0.2) is 23.6 Å². The lowest BCUT2D eigenvalue weighted by Gasteiger charge is -2.36. The Hall–Kier alpha value is -3.58. The molecular formula is C27H27F3N4O3. The third kappa shape index (κ3) is 4.88. The number of hydrogen-bond acceptors (Lipinski definition) is 5. The summed E-state index contributed by atoms with van der Waals surface area (Å²) in [5.74, 6) is -0.347. The van der Waals surface area contributed by atoms with Crippen LogP contribution in [0.1, 0.15) is 53.9 Å². The molecule has 5 rings (SSSR count). The highest BCUT2D eigenvalue weighted by molar-refractivity contribution is 5.85. The molecule has 37 heavy (non-hydrogen) atoms. The van der Waals surface area contributed by atoms with Gasteiger partial charge in [0.2, 0.25) is 5.91 Å². The van der Waals surface area contributed by atoms with E-state index < -0.39 is 22.9 Å². The molecule has 1 saturated heterocycles. The van der Waals surface area contributed by atoms with Crippen molar-refractivity contribution >= 4 is 17.0 Å². The predicted molar refractivity (Wildman–Crippen MR) is 129 cm³/mol. The fourth-order valence-corrected chi connectivity index (χ4v) is 5.47. The predicted octanol–water partition coefficient (Wildman–Crippen LogP) is 4.20. The Morgan fingerprint density at radius 1 is 1.30 bits per heavy atom. The van der Waals surface area contributed by atoms with Crippen LogP contribution in [0.4, 0.5) is 13.2 Å². The van der Waals surface area contributed by atoms with Crippen molar-refractivity contribution in [3.8, 4) is 6.07 Å². The number of nitrogens with zero attached hydrogens (tertiary/aromatic N) is 2. The molecule has 2 fully saturated rings. The average Bonchev–Trinajstić information content (AvgIpc) is 3.48. The van der Waals surface area contributed by atoms with Crippen molar-refractivity contribution in [2.45, 2.75) is 44.3 Å². The zero-order chi connectivity index (χ0) is 26.4. The van der Waals surface area contributed by atoms with Crippen LogP contribution in [0, 0.1) is 22.7 Å². The molecule has 1 aliphatic carbocycles. The molecule has 2 aliphatic rings. The van der Waals surface area contributed by atoms with Gasteiger partial charge in [0.15, 0.2) is 5.58 Å². The van der Waals surface area contributed by atoms with Crippen LogP contribution in [0.15, 0.2) is 45.6 Å². The first-order valence-corrected chi connectivity index (χ1v) is 12.3. The van der Waals surface area contributed by atoms with E-state index in [0.29, 0.717) is 36.5 Å². The monoisotopic (exact) mass is 512 g/mol. The Balaban J connectivity index is 1.46. The van der Waals surface area contributed by atoms with E-state index in [2.05, 4.69) is 10.6 Å². The molecule has 1 saturated carbocycles. The molecule has 0 spiro atoms. The number of fused-ring (bicyclic) bond motifs is 1. The number of aromatic nitrogens is 1. The van der Waals surface area contributed by atoms with E-state index in [1.165, 1.54) is 10.6 Å². The van der Waals surface area contributed by atoms with Gasteiger partial charge in [-0.2, -0.15) is 18.4 Å². The first kappa shape index (κ1) is 25.1. The number of carbonyl (C=O) groups excluding carboxylic acids is 1. The second-order valence-corrected chi connectivity index (χ2v) is 10.2. The van der Waals surface area contributed by atoms with Crippen molar-refractivity contribution in [3.05, 3.63) is 69.2 Å². The number of rotatable bonds is 7. The zero-order valence-electron chi connectivity index (χ0n) is 20.3. The Morgan fingerprint density at radius 2 is 2.08 bits per heavy atom. The van der Waals surface area contributed by atoms with E-state index in [0.717, 1.165) is 37.0 Å². The topological polar surface area (TPSA) is 100 Å². The second-order valence-electron chi connectivity index (χ2n) is 10.2. The Morgan fingerprint density at radius 3 is 2.73 bits per heavy atom. The molecule has 2 aromatic carbocycles. The Bertz CT molecular complexity index is 1440. The van der Waals surface area contributed by atoms with Crippen LogP contribution < -0.4 is 16.4 Å².